The van der Waals surface area contributed by atoms with E-state index >= 15 is 0 Å². The second kappa shape index (κ2) is 6.20. The number of hydrogen-bond acceptors (Lipinski definition) is 2. The van der Waals surface area contributed by atoms with Crippen molar-refractivity contribution < 1.29 is 9.52 Å². The van der Waals surface area contributed by atoms with Crippen LogP contribution in [0.1, 0.15) is 19.4 Å². The van der Waals surface area contributed by atoms with Gasteiger partial charge >= 0.3 is 0 Å². The fourth-order valence-electron chi connectivity index (χ4n) is 4.08. The van der Waals surface area contributed by atoms with Crippen LogP contribution in [0.15, 0.2) is 81.7 Å². The molecule has 1 N–H and O–H groups in total. The highest BCUT2D eigenvalue weighted by atomic mass is 79.9. The van der Waals surface area contributed by atoms with Crippen LogP contribution in [0.4, 0.5) is 0 Å². The summed E-state index contributed by atoms with van der Waals surface area (Å²) >= 11 is 3.60. The Kier molecular flexibility index (Phi) is 3.87. The molecule has 28 heavy (non-hydrogen) atoms. The summed E-state index contributed by atoms with van der Waals surface area (Å²) in [6.45, 7) is 3.64. The smallest absolute Gasteiger partial charge is 0.136 e. The van der Waals surface area contributed by atoms with Crippen LogP contribution >= 0.6 is 15.9 Å². The van der Waals surface area contributed by atoms with Gasteiger partial charge in [-0.3, -0.25) is 0 Å². The monoisotopic (exact) mass is 430 g/mol. The number of fused-ring (bicyclic) bond motifs is 5. The molecule has 0 fully saturated rings. The van der Waals surface area contributed by atoms with Crippen LogP contribution in [0.5, 0.6) is 0 Å². The van der Waals surface area contributed by atoms with E-state index in [1.54, 1.807) is 0 Å². The largest absolute Gasteiger partial charge is 0.456 e. The van der Waals surface area contributed by atoms with Crippen molar-refractivity contribution in [3.63, 3.8) is 0 Å². The summed E-state index contributed by atoms with van der Waals surface area (Å²) in [6, 6.07) is 24.7. The van der Waals surface area contributed by atoms with Gasteiger partial charge in [0.1, 0.15) is 11.2 Å². The Hall–Kier alpha value is -2.62. The Morgan fingerprint density at radius 1 is 0.750 bits per heavy atom. The van der Waals surface area contributed by atoms with Gasteiger partial charge in [-0.2, -0.15) is 0 Å². The summed E-state index contributed by atoms with van der Waals surface area (Å²) in [5, 5.41) is 15.3. The van der Waals surface area contributed by atoms with E-state index < -0.39 is 5.60 Å². The van der Waals surface area contributed by atoms with Gasteiger partial charge in [-0.15, -0.1) is 0 Å². The molecule has 0 amide bonds. The Morgan fingerprint density at radius 3 is 2.18 bits per heavy atom. The lowest BCUT2D eigenvalue weighted by atomic mass is 9.87. The minimum Gasteiger partial charge on any atom is -0.456 e. The van der Waals surface area contributed by atoms with E-state index in [4.69, 9.17) is 4.42 Å². The molecular weight excluding hydrogens is 412 g/mol. The quantitative estimate of drug-likeness (QED) is 0.316. The zero-order valence-corrected chi connectivity index (χ0v) is 17.2. The van der Waals surface area contributed by atoms with Crippen LogP contribution in [0.25, 0.3) is 43.8 Å². The second-order valence-electron chi connectivity index (χ2n) is 7.69. The van der Waals surface area contributed by atoms with Crippen LogP contribution in [0.3, 0.4) is 0 Å². The molecule has 1 aromatic heterocycles. The average molecular weight is 431 g/mol. The van der Waals surface area contributed by atoms with Gasteiger partial charge in [0.15, 0.2) is 0 Å². The Balaban J connectivity index is 1.97. The molecule has 0 unspecified atom stereocenters. The highest BCUT2D eigenvalue weighted by Gasteiger charge is 2.23. The van der Waals surface area contributed by atoms with Gasteiger partial charge in [-0.25, -0.2) is 0 Å². The van der Waals surface area contributed by atoms with Crippen molar-refractivity contribution in [3.05, 3.63) is 82.8 Å². The second-order valence-corrected chi connectivity index (χ2v) is 8.61. The summed E-state index contributed by atoms with van der Waals surface area (Å²) in [7, 11) is 0. The van der Waals surface area contributed by atoms with Crippen molar-refractivity contribution in [2.75, 3.05) is 0 Å². The van der Waals surface area contributed by atoms with Crippen molar-refractivity contribution in [2.24, 2.45) is 0 Å². The first-order chi connectivity index (χ1) is 13.4. The Labute approximate surface area is 171 Å². The fourth-order valence-corrected chi connectivity index (χ4v) is 4.45. The lowest BCUT2D eigenvalue weighted by molar-refractivity contribution is 0.0792. The molecule has 0 aliphatic carbocycles. The number of aliphatic hydroxyl groups is 1. The molecule has 0 spiro atoms. The first-order valence-corrected chi connectivity index (χ1v) is 10.1. The molecule has 1 heterocycles. The van der Waals surface area contributed by atoms with E-state index in [1.165, 1.54) is 0 Å². The highest BCUT2D eigenvalue weighted by Crippen LogP contribution is 2.42. The predicted octanol–water partition coefficient (Wildman–Crippen LogP) is 7.40. The molecule has 5 rings (SSSR count). The maximum atomic E-state index is 10.8. The minimum atomic E-state index is -0.958. The van der Waals surface area contributed by atoms with Crippen molar-refractivity contribution >= 4 is 48.6 Å². The van der Waals surface area contributed by atoms with Crippen molar-refractivity contribution in [1.29, 1.82) is 0 Å². The van der Waals surface area contributed by atoms with Crippen LogP contribution < -0.4 is 0 Å². The third kappa shape index (κ3) is 2.66. The van der Waals surface area contributed by atoms with Crippen LogP contribution in [0.2, 0.25) is 0 Å². The van der Waals surface area contributed by atoms with E-state index in [2.05, 4.69) is 58.4 Å². The third-order valence-corrected chi connectivity index (χ3v) is 5.81. The number of hydrogen-bond donors (Lipinski definition) is 1. The highest BCUT2D eigenvalue weighted by molar-refractivity contribution is 9.10. The van der Waals surface area contributed by atoms with Gasteiger partial charge in [0, 0.05) is 15.2 Å². The maximum Gasteiger partial charge on any atom is 0.136 e. The van der Waals surface area contributed by atoms with E-state index in [0.717, 1.165) is 53.9 Å². The topological polar surface area (TPSA) is 33.4 Å². The van der Waals surface area contributed by atoms with Gasteiger partial charge in [0.25, 0.3) is 0 Å². The normalized spacial score (nSPS) is 12.3. The first-order valence-electron chi connectivity index (χ1n) is 9.29. The average Bonchev–Trinajstić information content (AvgIpc) is 3.05. The zero-order chi connectivity index (χ0) is 19.5. The molecule has 0 radical (unpaired) electrons. The standard InChI is InChI=1S/C25H19BrO2/c1-25(2,27)21-12-11-15(26)13-20(21)19-14-23-24(17-8-4-3-7-16(17)19)18-9-5-6-10-22(18)28-23/h3-14,27H,1-2H3. The van der Waals surface area contributed by atoms with Crippen LogP contribution in [-0.4, -0.2) is 5.11 Å². The van der Waals surface area contributed by atoms with Crippen molar-refractivity contribution in [3.8, 4) is 11.1 Å². The van der Waals surface area contributed by atoms with E-state index in [9.17, 15) is 5.11 Å². The van der Waals surface area contributed by atoms with Gasteiger partial charge in [0.2, 0.25) is 0 Å². The number of para-hydroxylation sites is 1. The van der Waals surface area contributed by atoms with Crippen molar-refractivity contribution in [1.82, 2.24) is 0 Å². The Morgan fingerprint density at radius 2 is 1.43 bits per heavy atom. The minimum absolute atomic E-state index is 0.858. The van der Waals surface area contributed by atoms with Crippen molar-refractivity contribution in [2.45, 2.75) is 19.4 Å². The SMILES string of the molecule is CC(C)(O)c1ccc(Br)cc1-c1cc2oc3ccccc3c2c2ccccc12. The summed E-state index contributed by atoms with van der Waals surface area (Å²) < 4.78 is 7.18. The molecule has 3 heteroatoms. The molecule has 5 aromatic rings. The first kappa shape index (κ1) is 17.5. The summed E-state index contributed by atoms with van der Waals surface area (Å²) in [5.74, 6) is 0. The summed E-state index contributed by atoms with van der Waals surface area (Å²) in [5.41, 5.74) is 3.73. The number of halogens is 1. The molecule has 138 valence electrons. The number of rotatable bonds is 2. The third-order valence-electron chi connectivity index (χ3n) is 5.32. The zero-order valence-electron chi connectivity index (χ0n) is 15.7. The van der Waals surface area contributed by atoms with Crippen LogP contribution in [0, 0.1) is 0 Å². The molecular formula is C25H19BrO2. The molecule has 0 saturated carbocycles. The number of benzene rings is 4. The van der Waals surface area contributed by atoms with Gasteiger partial charge in [-0.05, 0) is 65.6 Å². The Bertz CT molecular complexity index is 1360. The van der Waals surface area contributed by atoms with E-state index in [-0.39, 0.29) is 0 Å². The molecule has 2 nitrogen and oxygen atoms in total. The number of furan rings is 1. The van der Waals surface area contributed by atoms with Gasteiger partial charge < -0.3 is 9.52 Å². The molecule has 0 atom stereocenters. The summed E-state index contributed by atoms with van der Waals surface area (Å²) in [6.07, 6.45) is 0. The van der Waals surface area contributed by atoms with Gasteiger partial charge in [0.05, 0.1) is 5.60 Å². The van der Waals surface area contributed by atoms with E-state index in [1.807, 2.05) is 44.2 Å². The lowest BCUT2D eigenvalue weighted by Crippen LogP contribution is -2.16. The summed E-state index contributed by atoms with van der Waals surface area (Å²) in [4.78, 5) is 0. The van der Waals surface area contributed by atoms with Crippen LogP contribution in [-0.2, 0) is 5.60 Å². The maximum absolute atomic E-state index is 10.8. The molecule has 0 bridgehead atoms. The molecule has 0 saturated heterocycles. The van der Waals surface area contributed by atoms with E-state index in [0.29, 0.717) is 0 Å². The molecule has 0 aliphatic heterocycles. The van der Waals surface area contributed by atoms with Gasteiger partial charge in [-0.1, -0.05) is 64.5 Å². The molecule has 0 aliphatic rings. The predicted molar refractivity (Wildman–Crippen MR) is 120 cm³/mol. The lowest BCUT2D eigenvalue weighted by Gasteiger charge is -2.23. The fraction of sp³-hybridized carbons (Fsp3) is 0.120. The molecule has 4 aromatic carbocycles.